The van der Waals surface area contributed by atoms with E-state index < -0.39 is 0 Å². The molecule has 0 N–H and O–H groups in total. The summed E-state index contributed by atoms with van der Waals surface area (Å²) >= 11 is 11.5. The molecule has 0 fully saturated rings. The van der Waals surface area contributed by atoms with Crippen LogP contribution in [0.5, 0.6) is 0 Å². The maximum absolute atomic E-state index is 10.9. The Morgan fingerprint density at radius 2 is 2.18 bits per heavy atom. The van der Waals surface area contributed by atoms with Crippen molar-refractivity contribution in [3.8, 4) is 0 Å². The van der Waals surface area contributed by atoms with E-state index in [1.807, 2.05) is 0 Å². The quantitative estimate of drug-likeness (QED) is 0.622. The maximum Gasteiger partial charge on any atom is 0.138 e. The lowest BCUT2D eigenvalue weighted by atomic mass is 9.97. The van der Waals surface area contributed by atoms with Crippen LogP contribution >= 0.6 is 23.2 Å². The normalized spacial score (nSPS) is 24.1. The Bertz CT molecular complexity index is 240. The number of allylic oxidation sites excluding steroid dienone is 4. The second kappa shape index (κ2) is 3.42. The van der Waals surface area contributed by atoms with Crippen LogP contribution in [0.3, 0.4) is 0 Å². The van der Waals surface area contributed by atoms with E-state index in [4.69, 9.17) is 23.2 Å². The molecule has 0 heterocycles. The molecule has 0 saturated heterocycles. The highest BCUT2D eigenvalue weighted by Gasteiger charge is 2.21. The van der Waals surface area contributed by atoms with Gasteiger partial charge in [-0.1, -0.05) is 23.2 Å². The van der Waals surface area contributed by atoms with Crippen molar-refractivity contribution >= 4 is 29.0 Å². The largest absolute Gasteiger partial charge is 0.299 e. The number of hydrogen-bond acceptors (Lipinski definition) is 1. The fourth-order valence-electron chi connectivity index (χ4n) is 0.985. The van der Waals surface area contributed by atoms with Gasteiger partial charge in [0, 0.05) is 10.1 Å². The summed E-state index contributed by atoms with van der Waals surface area (Å²) in [5, 5.41) is 1.27. The van der Waals surface area contributed by atoms with Crippen LogP contribution in [0.2, 0.25) is 0 Å². The van der Waals surface area contributed by atoms with Gasteiger partial charge in [-0.15, -0.1) is 0 Å². The first kappa shape index (κ1) is 8.82. The van der Waals surface area contributed by atoms with Gasteiger partial charge in [0.25, 0.3) is 0 Å². The minimum Gasteiger partial charge on any atom is -0.299 e. The second-order valence-corrected chi connectivity index (χ2v) is 3.45. The second-order valence-electron chi connectivity index (χ2n) is 2.53. The van der Waals surface area contributed by atoms with E-state index >= 15 is 0 Å². The van der Waals surface area contributed by atoms with Crippen LogP contribution in [0.15, 0.2) is 22.2 Å². The lowest BCUT2D eigenvalue weighted by Crippen LogP contribution is -2.13. The molecule has 1 atom stereocenters. The fraction of sp³-hybridized carbons (Fsp3) is 0.375. The molecular weight excluding hydrogens is 183 g/mol. The molecule has 1 aliphatic rings. The third kappa shape index (κ3) is 2.08. The zero-order valence-electron chi connectivity index (χ0n) is 6.10. The topological polar surface area (TPSA) is 17.1 Å². The van der Waals surface area contributed by atoms with Crippen LogP contribution in [0.1, 0.15) is 13.3 Å². The highest BCUT2D eigenvalue weighted by atomic mass is 35.5. The number of ketones is 1. The predicted octanol–water partition coefficient (Wildman–Crippen LogP) is 2.84. The molecule has 0 radical (unpaired) electrons. The lowest BCUT2D eigenvalue weighted by Gasteiger charge is -2.15. The predicted molar refractivity (Wildman–Crippen MR) is 46.7 cm³/mol. The Hall–Kier alpha value is -0.270. The Morgan fingerprint density at radius 1 is 1.55 bits per heavy atom. The Kier molecular flexibility index (Phi) is 2.74. The molecule has 1 aliphatic carbocycles. The van der Waals surface area contributed by atoms with E-state index in [1.165, 1.54) is 6.92 Å². The zero-order chi connectivity index (χ0) is 8.43. The highest BCUT2D eigenvalue weighted by Crippen LogP contribution is 2.30. The van der Waals surface area contributed by atoms with Crippen LogP contribution in [-0.2, 0) is 4.79 Å². The average molecular weight is 191 g/mol. The molecule has 60 valence electrons. The SMILES string of the molecule is CC(=O)C1CC(Cl)=CC=C1Cl. The molecule has 0 amide bonds. The van der Waals surface area contributed by atoms with E-state index in [0.717, 1.165) is 0 Å². The smallest absolute Gasteiger partial charge is 0.138 e. The van der Waals surface area contributed by atoms with Crippen LogP contribution < -0.4 is 0 Å². The van der Waals surface area contributed by atoms with E-state index in [0.29, 0.717) is 16.5 Å². The monoisotopic (exact) mass is 190 g/mol. The lowest BCUT2D eigenvalue weighted by molar-refractivity contribution is -0.119. The van der Waals surface area contributed by atoms with Gasteiger partial charge < -0.3 is 0 Å². The van der Waals surface area contributed by atoms with Crippen molar-refractivity contribution in [2.45, 2.75) is 13.3 Å². The molecule has 1 rings (SSSR count). The first-order chi connectivity index (χ1) is 5.11. The third-order valence-corrected chi connectivity index (χ3v) is 2.32. The average Bonchev–Trinajstić information content (AvgIpc) is 1.94. The summed E-state index contributed by atoms with van der Waals surface area (Å²) in [6.07, 6.45) is 3.95. The first-order valence-electron chi connectivity index (χ1n) is 3.33. The summed E-state index contributed by atoms with van der Waals surface area (Å²) in [4.78, 5) is 10.9. The maximum atomic E-state index is 10.9. The van der Waals surface area contributed by atoms with Gasteiger partial charge >= 0.3 is 0 Å². The number of carbonyl (C=O) groups is 1. The van der Waals surface area contributed by atoms with Crippen molar-refractivity contribution in [1.29, 1.82) is 0 Å². The number of hydrogen-bond donors (Lipinski definition) is 0. The van der Waals surface area contributed by atoms with Crippen molar-refractivity contribution in [3.63, 3.8) is 0 Å². The molecule has 0 aromatic carbocycles. The standard InChI is InChI=1S/C8H8Cl2O/c1-5(11)7-4-6(9)2-3-8(7)10/h2-3,7H,4H2,1H3. The molecule has 0 bridgehead atoms. The van der Waals surface area contributed by atoms with Crippen molar-refractivity contribution in [1.82, 2.24) is 0 Å². The van der Waals surface area contributed by atoms with Crippen molar-refractivity contribution in [2.75, 3.05) is 0 Å². The van der Waals surface area contributed by atoms with Gasteiger partial charge in [0.2, 0.25) is 0 Å². The fourth-order valence-corrected chi connectivity index (χ4v) is 1.50. The van der Waals surface area contributed by atoms with Crippen LogP contribution in [0.4, 0.5) is 0 Å². The summed E-state index contributed by atoms with van der Waals surface area (Å²) in [5.74, 6) is -0.147. The van der Waals surface area contributed by atoms with E-state index in [9.17, 15) is 4.79 Å². The Labute approximate surface area is 75.7 Å². The summed E-state index contributed by atoms with van der Waals surface area (Å²) < 4.78 is 0. The van der Waals surface area contributed by atoms with Gasteiger partial charge in [0.1, 0.15) is 5.78 Å². The van der Waals surface area contributed by atoms with Gasteiger partial charge in [-0.25, -0.2) is 0 Å². The number of carbonyl (C=O) groups excluding carboxylic acids is 1. The molecule has 0 spiro atoms. The highest BCUT2D eigenvalue weighted by molar-refractivity contribution is 6.33. The van der Waals surface area contributed by atoms with Crippen molar-refractivity contribution in [3.05, 3.63) is 22.2 Å². The molecular formula is C8H8Cl2O. The van der Waals surface area contributed by atoms with Gasteiger partial charge in [0.15, 0.2) is 0 Å². The van der Waals surface area contributed by atoms with Gasteiger partial charge in [-0.05, 0) is 25.5 Å². The van der Waals surface area contributed by atoms with E-state index in [2.05, 4.69) is 0 Å². The zero-order valence-corrected chi connectivity index (χ0v) is 7.62. The molecule has 0 saturated carbocycles. The minimum absolute atomic E-state index is 0.0671. The van der Waals surface area contributed by atoms with Crippen molar-refractivity contribution in [2.24, 2.45) is 5.92 Å². The van der Waals surface area contributed by atoms with Crippen LogP contribution in [0.25, 0.3) is 0 Å². The molecule has 11 heavy (non-hydrogen) atoms. The Balaban J connectivity index is 2.81. The molecule has 0 aromatic rings. The van der Waals surface area contributed by atoms with Gasteiger partial charge in [0.05, 0.1) is 5.92 Å². The summed E-state index contributed by atoms with van der Waals surface area (Å²) in [5.41, 5.74) is 0. The summed E-state index contributed by atoms with van der Waals surface area (Å²) in [7, 11) is 0. The number of rotatable bonds is 1. The van der Waals surface area contributed by atoms with Gasteiger partial charge in [-0.2, -0.15) is 0 Å². The minimum atomic E-state index is -0.214. The molecule has 1 nitrogen and oxygen atoms in total. The van der Waals surface area contributed by atoms with Gasteiger partial charge in [-0.3, -0.25) is 4.79 Å². The van der Waals surface area contributed by atoms with E-state index in [-0.39, 0.29) is 11.7 Å². The van der Waals surface area contributed by atoms with Crippen molar-refractivity contribution < 1.29 is 4.79 Å². The third-order valence-electron chi connectivity index (χ3n) is 1.65. The number of Topliss-reactive ketones (excluding diaryl/α,β-unsaturated/α-hetero) is 1. The van der Waals surface area contributed by atoms with Crippen LogP contribution in [0, 0.1) is 5.92 Å². The van der Waals surface area contributed by atoms with Crippen LogP contribution in [-0.4, -0.2) is 5.78 Å². The number of halogens is 2. The summed E-state index contributed by atoms with van der Waals surface area (Å²) in [6.45, 7) is 1.52. The molecule has 1 unspecified atom stereocenters. The summed E-state index contributed by atoms with van der Waals surface area (Å²) in [6, 6.07) is 0. The molecule has 0 aromatic heterocycles. The first-order valence-corrected chi connectivity index (χ1v) is 4.09. The Morgan fingerprint density at radius 3 is 2.64 bits per heavy atom. The molecule has 3 heteroatoms. The molecule has 0 aliphatic heterocycles. The van der Waals surface area contributed by atoms with E-state index in [1.54, 1.807) is 12.2 Å².